The molecule has 0 aliphatic heterocycles. The van der Waals surface area contributed by atoms with E-state index in [-0.39, 0.29) is 6.61 Å². The van der Waals surface area contributed by atoms with E-state index >= 15 is 0 Å². The molecule has 21 heavy (non-hydrogen) atoms. The van der Waals surface area contributed by atoms with Gasteiger partial charge in [0.05, 0.1) is 5.02 Å². The number of ether oxygens (including phenoxy) is 1. The average Bonchev–Trinajstić information content (AvgIpc) is 2.45. The number of nitrogens with two attached hydrogens (primary N) is 1. The third-order valence-corrected chi connectivity index (χ3v) is 3.10. The summed E-state index contributed by atoms with van der Waals surface area (Å²) in [6.45, 7) is 0.0223. The van der Waals surface area contributed by atoms with Gasteiger partial charge in [-0.05, 0) is 35.9 Å². The number of amides is 1. The van der Waals surface area contributed by atoms with Gasteiger partial charge in [0, 0.05) is 11.6 Å². The number of halogens is 2. The highest BCUT2D eigenvalue weighted by Gasteiger charge is 2.07. The topological polar surface area (TPSA) is 52.3 Å². The van der Waals surface area contributed by atoms with E-state index in [1.165, 1.54) is 18.2 Å². The third kappa shape index (κ3) is 4.33. The number of carbonyl (C=O) groups excluding carboxylic acids is 1. The lowest BCUT2D eigenvalue weighted by molar-refractivity contribution is -0.113. The fourth-order valence-corrected chi connectivity index (χ4v) is 1.93. The Balaban J connectivity index is 2.10. The van der Waals surface area contributed by atoms with Gasteiger partial charge < -0.3 is 10.5 Å². The number of carbonyl (C=O) groups is 1. The Labute approximate surface area is 126 Å². The molecular formula is C16H13ClFNO2. The van der Waals surface area contributed by atoms with E-state index in [1.807, 2.05) is 0 Å². The highest BCUT2D eigenvalue weighted by atomic mass is 35.5. The Morgan fingerprint density at radius 2 is 2.05 bits per heavy atom. The third-order valence-electron chi connectivity index (χ3n) is 2.74. The molecule has 3 nitrogen and oxygen atoms in total. The van der Waals surface area contributed by atoms with Gasteiger partial charge in [-0.3, -0.25) is 4.79 Å². The quantitative estimate of drug-likeness (QED) is 0.859. The van der Waals surface area contributed by atoms with Gasteiger partial charge in [0.1, 0.15) is 18.2 Å². The molecular weight excluding hydrogens is 293 g/mol. The second-order valence-electron chi connectivity index (χ2n) is 4.30. The predicted octanol–water partition coefficient (Wildman–Crippen LogP) is 3.56. The van der Waals surface area contributed by atoms with Gasteiger partial charge in [-0.2, -0.15) is 0 Å². The van der Waals surface area contributed by atoms with Crippen molar-refractivity contribution in [1.29, 1.82) is 0 Å². The fourth-order valence-electron chi connectivity index (χ4n) is 1.71. The summed E-state index contributed by atoms with van der Waals surface area (Å²) in [6.07, 6.45) is 2.83. The molecule has 0 heterocycles. The van der Waals surface area contributed by atoms with Crippen molar-refractivity contribution in [3.63, 3.8) is 0 Å². The molecule has 0 bridgehead atoms. The number of hydrogen-bond donors (Lipinski definition) is 1. The first kappa shape index (κ1) is 15.1. The summed E-state index contributed by atoms with van der Waals surface area (Å²) in [6, 6.07) is 11.5. The van der Waals surface area contributed by atoms with Crippen LogP contribution >= 0.6 is 11.6 Å². The summed E-state index contributed by atoms with van der Waals surface area (Å²) in [5.74, 6) is -0.396. The lowest BCUT2D eigenvalue weighted by Crippen LogP contribution is -2.05. The van der Waals surface area contributed by atoms with Gasteiger partial charge in [-0.1, -0.05) is 29.8 Å². The van der Waals surface area contributed by atoms with Crippen molar-refractivity contribution < 1.29 is 13.9 Å². The van der Waals surface area contributed by atoms with Crippen molar-refractivity contribution >= 4 is 23.6 Å². The number of hydrogen-bond acceptors (Lipinski definition) is 2. The lowest BCUT2D eigenvalue weighted by atomic mass is 10.2. The smallest absolute Gasteiger partial charge is 0.241 e. The molecule has 0 unspecified atom stereocenters. The Bertz CT molecular complexity index is 665. The molecule has 2 aromatic carbocycles. The normalized spacial score (nSPS) is 10.8. The van der Waals surface area contributed by atoms with E-state index in [9.17, 15) is 9.18 Å². The van der Waals surface area contributed by atoms with Crippen LogP contribution in [0.15, 0.2) is 48.5 Å². The van der Waals surface area contributed by atoms with Gasteiger partial charge in [-0.25, -0.2) is 4.39 Å². The second kappa shape index (κ2) is 6.90. The van der Waals surface area contributed by atoms with Crippen molar-refractivity contribution in [2.45, 2.75) is 6.61 Å². The second-order valence-corrected chi connectivity index (χ2v) is 4.70. The summed E-state index contributed by atoms with van der Waals surface area (Å²) in [5, 5.41) is 0.319. The first-order valence-electron chi connectivity index (χ1n) is 6.19. The largest absolute Gasteiger partial charge is 0.489 e. The van der Waals surface area contributed by atoms with Crippen LogP contribution in [0.1, 0.15) is 11.1 Å². The van der Waals surface area contributed by atoms with Crippen LogP contribution in [0, 0.1) is 5.82 Å². The van der Waals surface area contributed by atoms with Crippen LogP contribution in [-0.2, 0) is 11.4 Å². The van der Waals surface area contributed by atoms with Crippen LogP contribution in [0.5, 0.6) is 5.75 Å². The van der Waals surface area contributed by atoms with E-state index in [1.54, 1.807) is 36.4 Å². The van der Waals surface area contributed by atoms with Crippen LogP contribution in [0.2, 0.25) is 5.02 Å². The highest BCUT2D eigenvalue weighted by Crippen LogP contribution is 2.22. The van der Waals surface area contributed by atoms with E-state index in [0.29, 0.717) is 16.3 Å². The minimum atomic E-state index is -0.528. The first-order valence-corrected chi connectivity index (χ1v) is 6.57. The lowest BCUT2D eigenvalue weighted by Gasteiger charge is -2.09. The maximum absolute atomic E-state index is 13.6. The van der Waals surface area contributed by atoms with Gasteiger partial charge >= 0.3 is 0 Å². The molecule has 0 aliphatic carbocycles. The Morgan fingerprint density at radius 1 is 1.29 bits per heavy atom. The molecule has 108 valence electrons. The SMILES string of the molecule is NC(=O)/C=C\c1cccc(OCc2c(F)cccc2Cl)c1. The highest BCUT2D eigenvalue weighted by molar-refractivity contribution is 6.31. The minimum Gasteiger partial charge on any atom is -0.489 e. The van der Waals surface area contributed by atoms with E-state index in [0.717, 1.165) is 5.56 Å². The molecule has 2 aromatic rings. The molecule has 0 radical (unpaired) electrons. The van der Waals surface area contributed by atoms with Crippen LogP contribution < -0.4 is 10.5 Å². The zero-order valence-electron chi connectivity index (χ0n) is 11.1. The zero-order valence-corrected chi connectivity index (χ0v) is 11.8. The van der Waals surface area contributed by atoms with Crippen LogP contribution in [0.25, 0.3) is 6.08 Å². The zero-order chi connectivity index (χ0) is 15.2. The van der Waals surface area contributed by atoms with Crippen molar-refractivity contribution in [3.8, 4) is 5.75 Å². The van der Waals surface area contributed by atoms with Crippen molar-refractivity contribution in [3.05, 3.63) is 70.5 Å². The first-order chi connectivity index (χ1) is 10.1. The van der Waals surface area contributed by atoms with E-state index < -0.39 is 11.7 Å². The molecule has 2 rings (SSSR count). The standard InChI is InChI=1S/C16H13ClFNO2/c17-14-5-2-6-15(18)13(14)10-21-12-4-1-3-11(9-12)7-8-16(19)20/h1-9H,10H2,(H2,19,20)/b8-7-. The Morgan fingerprint density at radius 3 is 2.76 bits per heavy atom. The monoisotopic (exact) mass is 305 g/mol. The maximum Gasteiger partial charge on any atom is 0.241 e. The Kier molecular flexibility index (Phi) is 4.95. The molecule has 0 fully saturated rings. The maximum atomic E-state index is 13.6. The summed E-state index contributed by atoms with van der Waals surface area (Å²) < 4.78 is 19.1. The average molecular weight is 306 g/mol. The van der Waals surface area contributed by atoms with Gasteiger partial charge in [-0.15, -0.1) is 0 Å². The van der Waals surface area contributed by atoms with E-state index in [2.05, 4.69) is 0 Å². The molecule has 0 aromatic heterocycles. The van der Waals surface area contributed by atoms with Crippen LogP contribution in [-0.4, -0.2) is 5.91 Å². The predicted molar refractivity (Wildman–Crippen MR) is 80.4 cm³/mol. The summed E-state index contributed by atoms with van der Waals surface area (Å²) in [5.41, 5.74) is 6.09. The summed E-state index contributed by atoms with van der Waals surface area (Å²) in [7, 11) is 0. The number of benzene rings is 2. The van der Waals surface area contributed by atoms with Gasteiger partial charge in [0.15, 0.2) is 0 Å². The van der Waals surface area contributed by atoms with Crippen molar-refractivity contribution in [2.24, 2.45) is 5.73 Å². The van der Waals surface area contributed by atoms with Gasteiger partial charge in [0.25, 0.3) is 0 Å². The molecule has 0 saturated carbocycles. The fraction of sp³-hybridized carbons (Fsp3) is 0.0625. The molecule has 1 amide bonds. The van der Waals surface area contributed by atoms with Crippen LogP contribution in [0.3, 0.4) is 0 Å². The van der Waals surface area contributed by atoms with Crippen molar-refractivity contribution in [2.75, 3.05) is 0 Å². The van der Waals surface area contributed by atoms with Crippen molar-refractivity contribution in [1.82, 2.24) is 0 Å². The molecule has 2 N–H and O–H groups in total. The molecule has 5 heteroatoms. The van der Waals surface area contributed by atoms with Crippen LogP contribution in [0.4, 0.5) is 4.39 Å². The molecule has 0 aliphatic rings. The number of primary amides is 1. The number of rotatable bonds is 5. The van der Waals surface area contributed by atoms with Gasteiger partial charge in [0.2, 0.25) is 5.91 Å². The molecule has 0 spiro atoms. The molecule has 0 saturated heterocycles. The van der Waals surface area contributed by atoms with E-state index in [4.69, 9.17) is 22.1 Å². The molecule has 0 atom stereocenters. The summed E-state index contributed by atoms with van der Waals surface area (Å²) in [4.78, 5) is 10.7. The summed E-state index contributed by atoms with van der Waals surface area (Å²) >= 11 is 5.93. The minimum absolute atomic E-state index is 0.0223. The Hall–Kier alpha value is -2.33.